The Morgan fingerprint density at radius 1 is 0.885 bits per heavy atom. The van der Waals surface area contributed by atoms with Gasteiger partial charge in [0.05, 0.1) is 6.10 Å². The van der Waals surface area contributed by atoms with Crippen molar-refractivity contribution in [2.75, 3.05) is 19.8 Å². The zero-order valence-corrected chi connectivity index (χ0v) is 16.8. The summed E-state index contributed by atoms with van der Waals surface area (Å²) < 4.78 is 11.1. The number of aromatic nitrogens is 1. The summed E-state index contributed by atoms with van der Waals surface area (Å²) in [5.74, 6) is 6.40. The van der Waals surface area contributed by atoms with Gasteiger partial charge in [-0.25, -0.2) is 0 Å². The van der Waals surface area contributed by atoms with Crippen molar-refractivity contribution in [3.8, 4) is 11.8 Å². The topological polar surface area (TPSA) is 31.4 Å². The van der Waals surface area contributed by atoms with Gasteiger partial charge >= 0.3 is 0 Å². The van der Waals surface area contributed by atoms with Gasteiger partial charge in [0.2, 0.25) is 0 Å². The van der Waals surface area contributed by atoms with Crippen molar-refractivity contribution in [3.05, 3.63) is 30.1 Å². The van der Waals surface area contributed by atoms with Gasteiger partial charge in [-0.3, -0.25) is 4.98 Å². The molecule has 0 fully saturated rings. The van der Waals surface area contributed by atoms with E-state index in [4.69, 9.17) is 9.47 Å². The van der Waals surface area contributed by atoms with E-state index in [-0.39, 0.29) is 0 Å². The zero-order valence-electron chi connectivity index (χ0n) is 16.8. The molecule has 26 heavy (non-hydrogen) atoms. The van der Waals surface area contributed by atoms with E-state index in [1.165, 1.54) is 51.4 Å². The molecule has 3 nitrogen and oxygen atoms in total. The second-order valence-corrected chi connectivity index (χ2v) is 7.01. The third kappa shape index (κ3) is 14.9. The van der Waals surface area contributed by atoms with E-state index in [1.54, 1.807) is 6.20 Å². The highest BCUT2D eigenvalue weighted by molar-refractivity contribution is 5.30. The van der Waals surface area contributed by atoms with Crippen molar-refractivity contribution in [1.82, 2.24) is 4.98 Å². The lowest BCUT2D eigenvalue weighted by Gasteiger charge is -2.07. The summed E-state index contributed by atoms with van der Waals surface area (Å²) >= 11 is 0. The molecule has 1 aromatic rings. The van der Waals surface area contributed by atoms with Gasteiger partial charge in [-0.1, -0.05) is 50.4 Å². The maximum absolute atomic E-state index is 5.63. The standard InChI is InChI=1S/C23H37NO2/c1-22(2)26-20-14-19-25-18-12-10-8-6-4-3-5-7-9-11-15-23-16-13-17-24-21-23/h13,16-17,21-22H,3-10,12,14,18-20H2,1-2H3. The first-order chi connectivity index (χ1) is 12.8. The molecule has 146 valence electrons. The van der Waals surface area contributed by atoms with E-state index in [0.29, 0.717) is 6.10 Å². The Morgan fingerprint density at radius 3 is 2.27 bits per heavy atom. The Balaban J connectivity index is 1.75. The number of unbranched alkanes of at least 4 members (excludes halogenated alkanes) is 8. The summed E-state index contributed by atoms with van der Waals surface area (Å²) in [6.07, 6.45) is 16.3. The summed E-state index contributed by atoms with van der Waals surface area (Å²) in [6.45, 7) is 6.68. The largest absolute Gasteiger partial charge is 0.381 e. The molecule has 0 aromatic carbocycles. The zero-order chi connectivity index (χ0) is 18.7. The first-order valence-electron chi connectivity index (χ1n) is 10.4. The van der Waals surface area contributed by atoms with Crippen LogP contribution in [0.4, 0.5) is 0 Å². The summed E-state index contributed by atoms with van der Waals surface area (Å²) in [4.78, 5) is 4.07. The van der Waals surface area contributed by atoms with Gasteiger partial charge in [-0.15, -0.1) is 0 Å². The Bertz CT molecular complexity index is 476. The van der Waals surface area contributed by atoms with Gasteiger partial charge in [0.15, 0.2) is 0 Å². The monoisotopic (exact) mass is 359 g/mol. The average molecular weight is 360 g/mol. The normalized spacial score (nSPS) is 10.7. The Labute approximate surface area is 160 Å². The molecule has 1 aromatic heterocycles. The van der Waals surface area contributed by atoms with E-state index in [9.17, 15) is 0 Å². The fraction of sp³-hybridized carbons (Fsp3) is 0.696. The van der Waals surface area contributed by atoms with Gasteiger partial charge in [0, 0.05) is 44.2 Å². The first-order valence-corrected chi connectivity index (χ1v) is 10.4. The van der Waals surface area contributed by atoms with Crippen LogP contribution in [0, 0.1) is 11.8 Å². The van der Waals surface area contributed by atoms with Crippen LogP contribution in [0.2, 0.25) is 0 Å². The number of rotatable bonds is 15. The van der Waals surface area contributed by atoms with Crippen molar-refractivity contribution in [2.45, 2.75) is 84.2 Å². The van der Waals surface area contributed by atoms with E-state index in [0.717, 1.165) is 38.2 Å². The lowest BCUT2D eigenvalue weighted by atomic mass is 10.1. The van der Waals surface area contributed by atoms with Gasteiger partial charge in [-0.05, 0) is 45.2 Å². The van der Waals surface area contributed by atoms with Gasteiger partial charge in [0.25, 0.3) is 0 Å². The molecule has 0 unspecified atom stereocenters. The minimum absolute atomic E-state index is 0.328. The molecule has 0 bridgehead atoms. The van der Waals surface area contributed by atoms with Gasteiger partial charge < -0.3 is 9.47 Å². The Morgan fingerprint density at radius 2 is 1.58 bits per heavy atom. The molecule has 1 heterocycles. The molecular weight excluding hydrogens is 322 g/mol. The summed E-state index contributed by atoms with van der Waals surface area (Å²) in [5, 5.41) is 0. The third-order valence-corrected chi connectivity index (χ3v) is 4.12. The fourth-order valence-electron chi connectivity index (χ4n) is 2.66. The Kier molecular flexibility index (Phi) is 14.9. The fourth-order valence-corrected chi connectivity index (χ4v) is 2.66. The van der Waals surface area contributed by atoms with Crippen molar-refractivity contribution in [1.29, 1.82) is 0 Å². The second-order valence-electron chi connectivity index (χ2n) is 7.01. The van der Waals surface area contributed by atoms with Crippen LogP contribution in [0.1, 0.15) is 83.6 Å². The molecule has 0 amide bonds. The molecule has 0 aliphatic carbocycles. The summed E-state index contributed by atoms with van der Waals surface area (Å²) in [6, 6.07) is 3.94. The van der Waals surface area contributed by atoms with Crippen LogP contribution >= 0.6 is 0 Å². The highest BCUT2D eigenvalue weighted by atomic mass is 16.5. The van der Waals surface area contributed by atoms with Crippen LogP contribution in [-0.2, 0) is 9.47 Å². The molecule has 0 radical (unpaired) electrons. The molecule has 0 saturated carbocycles. The molecule has 0 atom stereocenters. The average Bonchev–Trinajstić information content (AvgIpc) is 2.65. The molecule has 0 aliphatic rings. The molecule has 3 heteroatoms. The second kappa shape index (κ2) is 17.1. The summed E-state index contributed by atoms with van der Waals surface area (Å²) in [5.41, 5.74) is 1.01. The van der Waals surface area contributed by atoms with Gasteiger partial charge in [0.1, 0.15) is 0 Å². The number of nitrogens with zero attached hydrogens (tertiary/aromatic N) is 1. The van der Waals surface area contributed by atoms with Crippen molar-refractivity contribution >= 4 is 0 Å². The number of hydrogen-bond donors (Lipinski definition) is 0. The van der Waals surface area contributed by atoms with Crippen LogP contribution in [0.3, 0.4) is 0 Å². The lowest BCUT2D eigenvalue weighted by Crippen LogP contribution is -2.07. The van der Waals surface area contributed by atoms with E-state index in [2.05, 4.69) is 30.7 Å². The van der Waals surface area contributed by atoms with Gasteiger partial charge in [-0.2, -0.15) is 0 Å². The number of hydrogen-bond acceptors (Lipinski definition) is 3. The minimum atomic E-state index is 0.328. The van der Waals surface area contributed by atoms with E-state index >= 15 is 0 Å². The van der Waals surface area contributed by atoms with E-state index in [1.807, 2.05) is 18.3 Å². The van der Waals surface area contributed by atoms with Crippen LogP contribution < -0.4 is 0 Å². The third-order valence-electron chi connectivity index (χ3n) is 4.12. The predicted octanol–water partition coefficient (Wildman–Crippen LogP) is 5.78. The molecule has 1 rings (SSSR count). The van der Waals surface area contributed by atoms with Crippen LogP contribution in [-0.4, -0.2) is 30.9 Å². The molecule has 0 N–H and O–H groups in total. The summed E-state index contributed by atoms with van der Waals surface area (Å²) in [7, 11) is 0. The van der Waals surface area contributed by atoms with Crippen LogP contribution in [0.25, 0.3) is 0 Å². The minimum Gasteiger partial charge on any atom is -0.381 e. The predicted molar refractivity (Wildman–Crippen MR) is 109 cm³/mol. The number of pyridine rings is 1. The quantitative estimate of drug-likeness (QED) is 0.294. The molecule has 0 saturated heterocycles. The van der Waals surface area contributed by atoms with Crippen molar-refractivity contribution in [3.63, 3.8) is 0 Å². The molecule has 0 spiro atoms. The Hall–Kier alpha value is -1.37. The maximum atomic E-state index is 5.63. The first kappa shape index (κ1) is 22.7. The number of ether oxygens (including phenoxy) is 2. The highest BCUT2D eigenvalue weighted by Gasteiger charge is 1.95. The molecule has 0 aliphatic heterocycles. The van der Waals surface area contributed by atoms with Crippen molar-refractivity contribution in [2.24, 2.45) is 0 Å². The smallest absolute Gasteiger partial charge is 0.0518 e. The lowest BCUT2D eigenvalue weighted by molar-refractivity contribution is 0.0507. The van der Waals surface area contributed by atoms with Crippen LogP contribution in [0.15, 0.2) is 24.5 Å². The SMILES string of the molecule is CC(C)OCCCOCCCCCCCCCCC#Cc1cccnc1. The van der Waals surface area contributed by atoms with E-state index < -0.39 is 0 Å². The highest BCUT2D eigenvalue weighted by Crippen LogP contribution is 2.09. The maximum Gasteiger partial charge on any atom is 0.0518 e. The van der Waals surface area contributed by atoms with Crippen molar-refractivity contribution < 1.29 is 9.47 Å². The van der Waals surface area contributed by atoms with Crippen LogP contribution in [0.5, 0.6) is 0 Å². The molecular formula is C23H37NO2.